The van der Waals surface area contributed by atoms with Crippen LogP contribution in [0, 0.1) is 5.41 Å². The van der Waals surface area contributed by atoms with Gasteiger partial charge in [-0.2, -0.15) is 0 Å². The van der Waals surface area contributed by atoms with Crippen molar-refractivity contribution in [1.29, 1.82) is 0 Å². The second kappa shape index (κ2) is 5.50. The zero-order chi connectivity index (χ0) is 14.9. The van der Waals surface area contributed by atoms with Crippen molar-refractivity contribution >= 4 is 17.5 Å². The molecule has 21 heavy (non-hydrogen) atoms. The van der Waals surface area contributed by atoms with Gasteiger partial charge in [0.15, 0.2) is 0 Å². The molecule has 0 radical (unpaired) electrons. The largest absolute Gasteiger partial charge is 0.369 e. The summed E-state index contributed by atoms with van der Waals surface area (Å²) in [4.78, 5) is 24.2. The Morgan fingerprint density at radius 3 is 2.81 bits per heavy atom. The molecule has 2 aliphatic rings. The maximum atomic E-state index is 11.8. The van der Waals surface area contributed by atoms with Crippen molar-refractivity contribution in [2.45, 2.75) is 26.2 Å². The van der Waals surface area contributed by atoms with Crippen LogP contribution in [0.25, 0.3) is 0 Å². The number of rotatable bonds is 4. The molecule has 1 N–H and O–H groups in total. The van der Waals surface area contributed by atoms with Gasteiger partial charge in [0.2, 0.25) is 5.91 Å². The van der Waals surface area contributed by atoms with E-state index in [2.05, 4.69) is 22.2 Å². The Labute approximate surface area is 125 Å². The molecule has 0 aromatic carbocycles. The van der Waals surface area contributed by atoms with E-state index in [1.807, 2.05) is 18.0 Å². The lowest BCUT2D eigenvalue weighted by Gasteiger charge is -2.38. The summed E-state index contributed by atoms with van der Waals surface area (Å²) in [6.45, 7) is 5.21. The predicted octanol–water partition coefficient (Wildman–Crippen LogP) is 1.36. The molecule has 2 heterocycles. The lowest BCUT2D eigenvalue weighted by Crippen LogP contribution is -2.48. The van der Waals surface area contributed by atoms with Crippen LogP contribution in [0.5, 0.6) is 0 Å². The van der Waals surface area contributed by atoms with Crippen molar-refractivity contribution in [3.63, 3.8) is 0 Å². The molecular formula is C15H23N5O. The highest BCUT2D eigenvalue weighted by molar-refractivity contribution is 5.82. The molecule has 1 aromatic rings. The van der Waals surface area contributed by atoms with Crippen LogP contribution >= 0.6 is 0 Å². The van der Waals surface area contributed by atoms with E-state index in [1.54, 1.807) is 11.2 Å². The average molecular weight is 289 g/mol. The molecule has 1 saturated heterocycles. The van der Waals surface area contributed by atoms with Gasteiger partial charge in [0.05, 0.1) is 6.54 Å². The van der Waals surface area contributed by atoms with Crippen molar-refractivity contribution in [3.05, 3.63) is 12.4 Å². The van der Waals surface area contributed by atoms with Crippen LogP contribution in [0.3, 0.4) is 0 Å². The topological polar surface area (TPSA) is 61.4 Å². The number of hydrogen-bond acceptors (Lipinski definition) is 5. The SMILES string of the molecule is CN1CCN(c2cc(NCC3(C)CCC3)ncn2)CC1=O. The third-order valence-electron chi connectivity index (χ3n) is 4.69. The van der Waals surface area contributed by atoms with E-state index in [-0.39, 0.29) is 5.91 Å². The first-order valence-electron chi connectivity index (χ1n) is 7.61. The van der Waals surface area contributed by atoms with Crippen LogP contribution in [-0.4, -0.2) is 54.0 Å². The third kappa shape index (κ3) is 3.09. The zero-order valence-electron chi connectivity index (χ0n) is 12.8. The second-order valence-electron chi connectivity index (χ2n) is 6.52. The average Bonchev–Trinajstić information content (AvgIpc) is 2.46. The summed E-state index contributed by atoms with van der Waals surface area (Å²) in [6.07, 6.45) is 5.47. The minimum absolute atomic E-state index is 0.136. The number of likely N-dealkylation sites (N-methyl/N-ethyl adjacent to an activating group) is 1. The fourth-order valence-corrected chi connectivity index (χ4v) is 2.83. The maximum absolute atomic E-state index is 11.8. The van der Waals surface area contributed by atoms with E-state index in [4.69, 9.17) is 0 Å². The van der Waals surface area contributed by atoms with Gasteiger partial charge in [-0.25, -0.2) is 9.97 Å². The lowest BCUT2D eigenvalue weighted by atomic mass is 9.70. The molecule has 6 nitrogen and oxygen atoms in total. The van der Waals surface area contributed by atoms with Crippen LogP contribution in [0.4, 0.5) is 11.6 Å². The van der Waals surface area contributed by atoms with Crippen molar-refractivity contribution in [2.24, 2.45) is 5.41 Å². The Balaban J connectivity index is 1.64. The minimum Gasteiger partial charge on any atom is -0.369 e. The second-order valence-corrected chi connectivity index (χ2v) is 6.52. The monoisotopic (exact) mass is 289 g/mol. The van der Waals surface area contributed by atoms with Crippen LogP contribution < -0.4 is 10.2 Å². The molecule has 114 valence electrons. The highest BCUT2D eigenvalue weighted by Gasteiger charge is 2.31. The Morgan fingerprint density at radius 2 is 2.14 bits per heavy atom. The summed E-state index contributed by atoms with van der Waals surface area (Å²) in [5, 5.41) is 3.41. The first kappa shape index (κ1) is 14.1. The molecule has 1 aromatic heterocycles. The fraction of sp³-hybridized carbons (Fsp3) is 0.667. The van der Waals surface area contributed by atoms with E-state index < -0.39 is 0 Å². The summed E-state index contributed by atoms with van der Waals surface area (Å²) < 4.78 is 0. The number of nitrogens with one attached hydrogen (secondary N) is 1. The normalized spacial score (nSPS) is 21.1. The van der Waals surface area contributed by atoms with Gasteiger partial charge >= 0.3 is 0 Å². The number of carbonyl (C=O) groups is 1. The van der Waals surface area contributed by atoms with Crippen LogP contribution in [0.1, 0.15) is 26.2 Å². The molecule has 0 atom stereocenters. The van der Waals surface area contributed by atoms with Crippen LogP contribution in [0.2, 0.25) is 0 Å². The van der Waals surface area contributed by atoms with E-state index in [0.29, 0.717) is 12.0 Å². The molecule has 0 unspecified atom stereocenters. The molecule has 2 fully saturated rings. The highest BCUT2D eigenvalue weighted by Crippen LogP contribution is 2.40. The van der Waals surface area contributed by atoms with Gasteiger partial charge in [-0.3, -0.25) is 4.79 Å². The predicted molar refractivity (Wildman–Crippen MR) is 82.3 cm³/mol. The van der Waals surface area contributed by atoms with Gasteiger partial charge in [-0.05, 0) is 18.3 Å². The van der Waals surface area contributed by atoms with E-state index in [1.165, 1.54) is 19.3 Å². The molecule has 0 spiro atoms. The van der Waals surface area contributed by atoms with Gasteiger partial charge < -0.3 is 15.1 Å². The van der Waals surface area contributed by atoms with Crippen molar-refractivity contribution < 1.29 is 4.79 Å². The van der Waals surface area contributed by atoms with Gasteiger partial charge in [-0.1, -0.05) is 13.3 Å². The Hall–Kier alpha value is -1.85. The smallest absolute Gasteiger partial charge is 0.241 e. The standard InChI is InChI=1S/C15H23N5O/c1-15(4-3-5-15)10-16-12-8-13(18-11-17-12)20-7-6-19(2)14(21)9-20/h8,11H,3-7,9-10H2,1-2H3,(H,16,17,18). The first-order chi connectivity index (χ1) is 10.1. The number of carbonyl (C=O) groups excluding carboxylic acids is 1. The molecule has 6 heteroatoms. The summed E-state index contributed by atoms with van der Waals surface area (Å²) in [5.41, 5.74) is 0.412. The number of anilines is 2. The number of nitrogens with zero attached hydrogens (tertiary/aromatic N) is 4. The summed E-state index contributed by atoms with van der Waals surface area (Å²) >= 11 is 0. The third-order valence-corrected chi connectivity index (χ3v) is 4.69. The quantitative estimate of drug-likeness (QED) is 0.907. The van der Waals surface area contributed by atoms with Crippen molar-refractivity contribution in [3.8, 4) is 0 Å². The number of aromatic nitrogens is 2. The summed E-state index contributed by atoms with van der Waals surface area (Å²) in [5.74, 6) is 1.81. The van der Waals surface area contributed by atoms with E-state index >= 15 is 0 Å². The lowest BCUT2D eigenvalue weighted by molar-refractivity contribution is -0.129. The number of piperazine rings is 1. The summed E-state index contributed by atoms with van der Waals surface area (Å²) in [6, 6.07) is 1.95. The maximum Gasteiger partial charge on any atom is 0.241 e. The molecular weight excluding hydrogens is 266 g/mol. The van der Waals surface area contributed by atoms with Crippen LogP contribution in [-0.2, 0) is 4.79 Å². The first-order valence-corrected chi connectivity index (χ1v) is 7.61. The number of hydrogen-bond donors (Lipinski definition) is 1. The van der Waals surface area contributed by atoms with Crippen molar-refractivity contribution in [2.75, 3.05) is 43.4 Å². The fourth-order valence-electron chi connectivity index (χ4n) is 2.83. The molecule has 1 saturated carbocycles. The summed E-state index contributed by atoms with van der Waals surface area (Å²) in [7, 11) is 1.84. The van der Waals surface area contributed by atoms with Crippen LogP contribution in [0.15, 0.2) is 12.4 Å². The number of amides is 1. The molecule has 1 aliphatic heterocycles. The van der Waals surface area contributed by atoms with Gasteiger partial charge in [0, 0.05) is 32.7 Å². The zero-order valence-corrected chi connectivity index (χ0v) is 12.8. The van der Waals surface area contributed by atoms with Crippen molar-refractivity contribution in [1.82, 2.24) is 14.9 Å². The molecule has 3 rings (SSSR count). The van der Waals surface area contributed by atoms with E-state index in [9.17, 15) is 4.79 Å². The molecule has 1 aliphatic carbocycles. The Morgan fingerprint density at radius 1 is 1.33 bits per heavy atom. The highest BCUT2D eigenvalue weighted by atomic mass is 16.2. The molecule has 0 bridgehead atoms. The Bertz CT molecular complexity index is 529. The van der Waals surface area contributed by atoms with E-state index in [0.717, 1.165) is 31.3 Å². The minimum atomic E-state index is 0.136. The van der Waals surface area contributed by atoms with Gasteiger partial charge in [0.1, 0.15) is 18.0 Å². The van der Waals surface area contributed by atoms with Gasteiger partial charge in [0.25, 0.3) is 0 Å². The Kier molecular flexibility index (Phi) is 3.69. The van der Waals surface area contributed by atoms with Gasteiger partial charge in [-0.15, -0.1) is 0 Å². The molecule has 1 amide bonds.